The number of aliphatic hydroxyl groups excluding tert-OH is 1. The van der Waals surface area contributed by atoms with E-state index < -0.39 is 10.0 Å². The molecular formula is C13H20N2O3S. The lowest BCUT2D eigenvalue weighted by molar-refractivity contribution is 0.202. The van der Waals surface area contributed by atoms with Crippen molar-refractivity contribution in [1.29, 1.82) is 0 Å². The van der Waals surface area contributed by atoms with Crippen LogP contribution in [0.3, 0.4) is 0 Å². The quantitative estimate of drug-likeness (QED) is 0.882. The minimum Gasteiger partial charge on any atom is -0.390 e. The molecule has 2 aliphatic rings. The molecule has 0 aromatic carbocycles. The Morgan fingerprint density at radius 2 is 2.11 bits per heavy atom. The summed E-state index contributed by atoms with van der Waals surface area (Å²) < 4.78 is 27.1. The van der Waals surface area contributed by atoms with Gasteiger partial charge in [0.1, 0.15) is 0 Å². The molecule has 1 aliphatic carbocycles. The summed E-state index contributed by atoms with van der Waals surface area (Å²) in [7, 11) is -3.41. The summed E-state index contributed by atoms with van der Waals surface area (Å²) in [4.78, 5) is 3.09. The molecular weight excluding hydrogens is 264 g/mol. The van der Waals surface area contributed by atoms with Crippen molar-refractivity contribution < 1.29 is 13.5 Å². The van der Waals surface area contributed by atoms with Crippen molar-refractivity contribution in [2.45, 2.75) is 49.6 Å². The van der Waals surface area contributed by atoms with Gasteiger partial charge in [-0.3, -0.25) is 0 Å². The summed E-state index contributed by atoms with van der Waals surface area (Å²) >= 11 is 0. The molecule has 6 heteroatoms. The van der Waals surface area contributed by atoms with Crippen molar-refractivity contribution in [3.05, 3.63) is 18.0 Å². The first kappa shape index (κ1) is 13.1. The fourth-order valence-electron chi connectivity index (χ4n) is 3.50. The van der Waals surface area contributed by atoms with Gasteiger partial charge in [-0.15, -0.1) is 0 Å². The van der Waals surface area contributed by atoms with Crippen LogP contribution in [-0.4, -0.2) is 35.4 Å². The molecule has 0 spiro atoms. The SMILES string of the molecule is O=S(=O)(c1c[nH]c(CO)c1)N1CCCC2CCCC21. The normalized spacial score (nSPS) is 28.5. The Bertz CT molecular complexity index is 552. The van der Waals surface area contributed by atoms with E-state index in [2.05, 4.69) is 4.98 Å². The van der Waals surface area contributed by atoms with Gasteiger partial charge in [-0.25, -0.2) is 8.42 Å². The second-order valence-corrected chi connectivity index (χ2v) is 7.43. The molecule has 2 N–H and O–H groups in total. The molecule has 1 aliphatic heterocycles. The Labute approximate surface area is 113 Å². The lowest BCUT2D eigenvalue weighted by atomic mass is 9.94. The zero-order valence-corrected chi connectivity index (χ0v) is 11.7. The van der Waals surface area contributed by atoms with Gasteiger partial charge in [-0.05, 0) is 37.7 Å². The first-order valence-corrected chi connectivity index (χ1v) is 8.37. The van der Waals surface area contributed by atoms with Crippen LogP contribution in [-0.2, 0) is 16.6 Å². The van der Waals surface area contributed by atoms with Gasteiger partial charge in [-0.1, -0.05) is 6.42 Å². The molecule has 1 saturated heterocycles. The summed E-state index contributed by atoms with van der Waals surface area (Å²) in [5, 5.41) is 9.04. The monoisotopic (exact) mass is 284 g/mol. The predicted molar refractivity (Wildman–Crippen MR) is 71.0 cm³/mol. The molecule has 2 fully saturated rings. The van der Waals surface area contributed by atoms with E-state index in [4.69, 9.17) is 5.11 Å². The zero-order chi connectivity index (χ0) is 13.5. The number of nitrogens with one attached hydrogen (secondary N) is 1. The van der Waals surface area contributed by atoms with Crippen LogP contribution in [0.1, 0.15) is 37.8 Å². The second kappa shape index (κ2) is 4.92. The molecule has 0 amide bonds. The summed E-state index contributed by atoms with van der Waals surface area (Å²) in [6.45, 7) is 0.463. The van der Waals surface area contributed by atoms with Crippen LogP contribution < -0.4 is 0 Å². The zero-order valence-electron chi connectivity index (χ0n) is 10.9. The number of sulfonamides is 1. The number of aromatic amines is 1. The lowest BCUT2D eigenvalue weighted by Gasteiger charge is -2.36. The van der Waals surface area contributed by atoms with Gasteiger partial charge >= 0.3 is 0 Å². The number of fused-ring (bicyclic) bond motifs is 1. The minimum atomic E-state index is -3.41. The Kier molecular flexibility index (Phi) is 3.41. The smallest absolute Gasteiger partial charge is 0.244 e. The van der Waals surface area contributed by atoms with E-state index in [1.54, 1.807) is 4.31 Å². The summed E-state index contributed by atoms with van der Waals surface area (Å²) in [5.74, 6) is 0.541. The first-order chi connectivity index (χ1) is 9.13. The summed E-state index contributed by atoms with van der Waals surface area (Å²) in [5.41, 5.74) is 0.540. The van der Waals surface area contributed by atoms with Crippen LogP contribution in [0.2, 0.25) is 0 Å². The van der Waals surface area contributed by atoms with E-state index in [0.29, 0.717) is 18.2 Å². The van der Waals surface area contributed by atoms with Gasteiger partial charge < -0.3 is 10.1 Å². The topological polar surface area (TPSA) is 73.4 Å². The maximum absolute atomic E-state index is 12.7. The fraction of sp³-hybridized carbons (Fsp3) is 0.692. The molecule has 19 heavy (non-hydrogen) atoms. The average molecular weight is 284 g/mol. The molecule has 2 unspecified atom stereocenters. The molecule has 2 heterocycles. The van der Waals surface area contributed by atoms with Crippen molar-refractivity contribution in [2.24, 2.45) is 5.92 Å². The van der Waals surface area contributed by atoms with E-state index in [9.17, 15) is 8.42 Å². The number of nitrogens with zero attached hydrogens (tertiary/aromatic N) is 1. The number of piperidine rings is 1. The summed E-state index contributed by atoms with van der Waals surface area (Å²) in [6, 6.07) is 1.72. The molecule has 0 radical (unpaired) electrons. The molecule has 2 atom stereocenters. The maximum atomic E-state index is 12.7. The van der Waals surface area contributed by atoms with E-state index in [1.165, 1.54) is 12.3 Å². The Balaban J connectivity index is 1.90. The number of rotatable bonds is 3. The molecule has 106 valence electrons. The minimum absolute atomic E-state index is 0.165. The van der Waals surface area contributed by atoms with Gasteiger partial charge in [0.25, 0.3) is 0 Å². The van der Waals surface area contributed by atoms with E-state index in [-0.39, 0.29) is 17.5 Å². The lowest BCUT2D eigenvalue weighted by Crippen LogP contribution is -2.45. The van der Waals surface area contributed by atoms with E-state index in [1.807, 2.05) is 0 Å². The van der Waals surface area contributed by atoms with Gasteiger partial charge in [0.2, 0.25) is 10.0 Å². The molecule has 3 rings (SSSR count). The Morgan fingerprint density at radius 1 is 1.32 bits per heavy atom. The van der Waals surface area contributed by atoms with Crippen LogP contribution in [0.25, 0.3) is 0 Å². The number of hydrogen-bond acceptors (Lipinski definition) is 3. The summed E-state index contributed by atoms with van der Waals surface area (Å²) in [6.07, 6.45) is 6.88. The Morgan fingerprint density at radius 3 is 2.84 bits per heavy atom. The standard InChI is InChI=1S/C13H20N2O3S/c16-9-11-7-12(8-14-11)19(17,18)15-6-2-4-10-3-1-5-13(10)15/h7-8,10,13-14,16H,1-6,9H2. The first-order valence-electron chi connectivity index (χ1n) is 6.93. The van der Waals surface area contributed by atoms with E-state index >= 15 is 0 Å². The van der Waals surface area contributed by atoms with Gasteiger partial charge in [0.05, 0.1) is 11.5 Å². The maximum Gasteiger partial charge on any atom is 0.244 e. The van der Waals surface area contributed by atoms with Crippen molar-refractivity contribution in [2.75, 3.05) is 6.54 Å². The number of aliphatic hydroxyl groups is 1. The molecule has 1 aromatic heterocycles. The molecule has 1 aromatic rings. The van der Waals surface area contributed by atoms with Crippen LogP contribution in [0.15, 0.2) is 17.2 Å². The fourth-order valence-corrected chi connectivity index (χ4v) is 5.27. The largest absolute Gasteiger partial charge is 0.390 e. The molecule has 5 nitrogen and oxygen atoms in total. The van der Waals surface area contributed by atoms with Crippen molar-refractivity contribution in [1.82, 2.24) is 9.29 Å². The Hall–Kier alpha value is -0.850. The van der Waals surface area contributed by atoms with Gasteiger partial charge in [0, 0.05) is 24.5 Å². The van der Waals surface area contributed by atoms with Crippen LogP contribution >= 0.6 is 0 Å². The predicted octanol–water partition coefficient (Wildman–Crippen LogP) is 1.46. The highest BCUT2D eigenvalue weighted by Gasteiger charge is 2.41. The molecule has 1 saturated carbocycles. The third-order valence-corrected chi connectivity index (χ3v) is 6.34. The van der Waals surface area contributed by atoms with Crippen LogP contribution in [0.5, 0.6) is 0 Å². The molecule has 0 bridgehead atoms. The van der Waals surface area contributed by atoms with Crippen LogP contribution in [0, 0.1) is 5.92 Å². The van der Waals surface area contributed by atoms with E-state index in [0.717, 1.165) is 32.1 Å². The van der Waals surface area contributed by atoms with Crippen molar-refractivity contribution >= 4 is 10.0 Å². The number of H-pyrrole nitrogens is 1. The van der Waals surface area contributed by atoms with Crippen molar-refractivity contribution in [3.63, 3.8) is 0 Å². The van der Waals surface area contributed by atoms with Gasteiger partial charge in [-0.2, -0.15) is 4.31 Å². The number of hydrogen-bond donors (Lipinski definition) is 2. The third-order valence-electron chi connectivity index (χ3n) is 4.44. The van der Waals surface area contributed by atoms with Crippen molar-refractivity contribution in [3.8, 4) is 0 Å². The highest BCUT2D eigenvalue weighted by atomic mass is 32.2. The average Bonchev–Trinajstić information content (AvgIpc) is 3.06. The third kappa shape index (κ3) is 2.22. The second-order valence-electron chi connectivity index (χ2n) is 5.54. The van der Waals surface area contributed by atoms with Gasteiger partial charge in [0.15, 0.2) is 0 Å². The highest BCUT2D eigenvalue weighted by molar-refractivity contribution is 7.89. The highest BCUT2D eigenvalue weighted by Crippen LogP contribution is 2.39. The van der Waals surface area contributed by atoms with Crippen LogP contribution in [0.4, 0.5) is 0 Å². The number of aromatic nitrogens is 1.